The first-order chi connectivity index (χ1) is 10.9. The number of benzene rings is 2. The Balaban J connectivity index is 1.63. The molecule has 0 saturated heterocycles. The smallest absolute Gasteiger partial charge is 0.160 e. The molecule has 2 heterocycles. The average molecular weight is 287 g/mol. The van der Waals surface area contributed by atoms with Gasteiger partial charge in [0, 0.05) is 5.69 Å². The summed E-state index contributed by atoms with van der Waals surface area (Å²) in [7, 11) is 0. The lowest BCUT2D eigenvalue weighted by molar-refractivity contribution is 1.09. The third-order valence-electron chi connectivity index (χ3n) is 3.50. The van der Waals surface area contributed by atoms with Crippen molar-refractivity contribution in [3.63, 3.8) is 0 Å². The van der Waals surface area contributed by atoms with Gasteiger partial charge in [0.2, 0.25) is 0 Å². The summed E-state index contributed by atoms with van der Waals surface area (Å²) in [6, 6.07) is 18.5. The molecule has 0 aliphatic carbocycles. The minimum atomic E-state index is 0.721. The summed E-state index contributed by atoms with van der Waals surface area (Å²) in [4.78, 5) is 8.40. The second kappa shape index (κ2) is 5.29. The molecule has 0 aliphatic rings. The molecule has 4 rings (SSSR count). The van der Waals surface area contributed by atoms with Gasteiger partial charge in [-0.05, 0) is 23.3 Å². The molecule has 0 fully saturated rings. The van der Waals surface area contributed by atoms with E-state index in [1.54, 1.807) is 6.20 Å². The SMILES string of the molecule is c1ccc(-c2ccc(Nc3ncnc4[nH]ncc34)cc2)cc1. The van der Waals surface area contributed by atoms with Crippen LogP contribution < -0.4 is 5.32 Å². The Hall–Kier alpha value is -3.21. The minimum absolute atomic E-state index is 0.721. The number of aromatic amines is 1. The van der Waals surface area contributed by atoms with Crippen molar-refractivity contribution in [3.05, 3.63) is 67.1 Å². The number of aromatic nitrogens is 4. The normalized spacial score (nSPS) is 10.7. The second-order valence-corrected chi connectivity index (χ2v) is 4.92. The Labute approximate surface area is 127 Å². The van der Waals surface area contributed by atoms with Crippen molar-refractivity contribution < 1.29 is 0 Å². The molecule has 0 amide bonds. The number of rotatable bonds is 3. The molecule has 4 aromatic rings. The van der Waals surface area contributed by atoms with Crippen LogP contribution in [0, 0.1) is 0 Å². The molecule has 0 spiro atoms. The van der Waals surface area contributed by atoms with Gasteiger partial charge >= 0.3 is 0 Å². The summed E-state index contributed by atoms with van der Waals surface area (Å²) < 4.78 is 0. The molecule has 106 valence electrons. The number of hydrogen-bond acceptors (Lipinski definition) is 4. The molecular weight excluding hydrogens is 274 g/mol. The van der Waals surface area contributed by atoms with Crippen LogP contribution in [0.15, 0.2) is 67.1 Å². The Kier molecular flexibility index (Phi) is 3.01. The number of fused-ring (bicyclic) bond motifs is 1. The maximum absolute atomic E-state index is 4.27. The van der Waals surface area contributed by atoms with Crippen LogP contribution in [-0.4, -0.2) is 20.2 Å². The fourth-order valence-electron chi connectivity index (χ4n) is 2.38. The summed E-state index contributed by atoms with van der Waals surface area (Å²) in [5, 5.41) is 11.0. The van der Waals surface area contributed by atoms with Gasteiger partial charge in [-0.1, -0.05) is 42.5 Å². The first-order valence-corrected chi connectivity index (χ1v) is 6.97. The molecule has 0 atom stereocenters. The van der Waals surface area contributed by atoms with Gasteiger partial charge in [0.15, 0.2) is 5.65 Å². The van der Waals surface area contributed by atoms with Crippen LogP contribution in [0.2, 0.25) is 0 Å². The monoisotopic (exact) mass is 287 g/mol. The fraction of sp³-hybridized carbons (Fsp3) is 0. The Morgan fingerprint density at radius 3 is 2.41 bits per heavy atom. The van der Waals surface area contributed by atoms with Gasteiger partial charge in [-0.2, -0.15) is 5.10 Å². The lowest BCUT2D eigenvalue weighted by Crippen LogP contribution is -1.94. The fourth-order valence-corrected chi connectivity index (χ4v) is 2.38. The van der Waals surface area contributed by atoms with E-state index in [0.29, 0.717) is 0 Å². The van der Waals surface area contributed by atoms with Crippen LogP contribution >= 0.6 is 0 Å². The molecule has 0 unspecified atom stereocenters. The average Bonchev–Trinajstić information content (AvgIpc) is 3.06. The predicted octanol–water partition coefficient (Wildman–Crippen LogP) is 3.76. The lowest BCUT2D eigenvalue weighted by Gasteiger charge is -2.07. The number of anilines is 2. The highest BCUT2D eigenvalue weighted by Gasteiger charge is 2.05. The van der Waals surface area contributed by atoms with E-state index in [1.807, 2.05) is 30.3 Å². The summed E-state index contributed by atoms with van der Waals surface area (Å²) in [6.45, 7) is 0. The van der Waals surface area contributed by atoms with E-state index in [4.69, 9.17) is 0 Å². The van der Waals surface area contributed by atoms with Gasteiger partial charge in [-0.15, -0.1) is 0 Å². The van der Waals surface area contributed by atoms with Crippen molar-refractivity contribution >= 4 is 22.5 Å². The predicted molar refractivity (Wildman–Crippen MR) is 86.8 cm³/mol. The first-order valence-electron chi connectivity index (χ1n) is 6.97. The quantitative estimate of drug-likeness (QED) is 0.602. The molecule has 5 nitrogen and oxygen atoms in total. The van der Waals surface area contributed by atoms with Crippen molar-refractivity contribution in [3.8, 4) is 11.1 Å². The summed E-state index contributed by atoms with van der Waals surface area (Å²) in [5.41, 5.74) is 4.08. The maximum atomic E-state index is 4.27. The molecule has 0 aliphatic heterocycles. The van der Waals surface area contributed by atoms with Crippen LogP contribution in [0.1, 0.15) is 0 Å². The summed E-state index contributed by atoms with van der Waals surface area (Å²) in [5.74, 6) is 0.742. The first kappa shape index (κ1) is 12.5. The molecule has 0 radical (unpaired) electrons. The highest BCUT2D eigenvalue weighted by atomic mass is 15.2. The van der Waals surface area contributed by atoms with E-state index in [-0.39, 0.29) is 0 Å². The van der Waals surface area contributed by atoms with Gasteiger partial charge in [-0.3, -0.25) is 5.10 Å². The van der Waals surface area contributed by atoms with E-state index in [0.717, 1.165) is 22.5 Å². The zero-order valence-corrected chi connectivity index (χ0v) is 11.7. The van der Waals surface area contributed by atoms with Crippen LogP contribution in [0.4, 0.5) is 11.5 Å². The minimum Gasteiger partial charge on any atom is -0.340 e. The van der Waals surface area contributed by atoms with E-state index < -0.39 is 0 Å². The highest BCUT2D eigenvalue weighted by molar-refractivity contribution is 5.87. The van der Waals surface area contributed by atoms with E-state index >= 15 is 0 Å². The van der Waals surface area contributed by atoms with Gasteiger partial charge in [-0.25, -0.2) is 9.97 Å². The molecule has 0 saturated carbocycles. The standard InChI is InChI=1S/C17H13N5/c1-2-4-12(5-3-1)13-6-8-14(9-7-13)21-16-15-10-20-22-17(15)19-11-18-16/h1-11H,(H2,18,19,20,21,22). The third kappa shape index (κ3) is 2.29. The number of nitrogens with one attached hydrogen (secondary N) is 2. The molecule has 2 aromatic carbocycles. The second-order valence-electron chi connectivity index (χ2n) is 4.92. The third-order valence-corrected chi connectivity index (χ3v) is 3.50. The molecule has 22 heavy (non-hydrogen) atoms. The molecule has 2 aromatic heterocycles. The Morgan fingerprint density at radius 2 is 1.59 bits per heavy atom. The summed E-state index contributed by atoms with van der Waals surface area (Å²) >= 11 is 0. The van der Waals surface area contributed by atoms with E-state index in [1.165, 1.54) is 17.5 Å². The van der Waals surface area contributed by atoms with Crippen LogP contribution in [-0.2, 0) is 0 Å². The molecular formula is C17H13N5. The van der Waals surface area contributed by atoms with Crippen LogP contribution in [0.5, 0.6) is 0 Å². The number of hydrogen-bond donors (Lipinski definition) is 2. The van der Waals surface area contributed by atoms with Crippen molar-refractivity contribution in [1.82, 2.24) is 20.2 Å². The van der Waals surface area contributed by atoms with Crippen molar-refractivity contribution in [2.24, 2.45) is 0 Å². The lowest BCUT2D eigenvalue weighted by atomic mass is 10.1. The zero-order chi connectivity index (χ0) is 14.8. The van der Waals surface area contributed by atoms with Crippen molar-refractivity contribution in [1.29, 1.82) is 0 Å². The van der Waals surface area contributed by atoms with Crippen LogP contribution in [0.3, 0.4) is 0 Å². The number of nitrogens with zero attached hydrogens (tertiary/aromatic N) is 3. The Bertz CT molecular complexity index is 897. The van der Waals surface area contributed by atoms with Crippen LogP contribution in [0.25, 0.3) is 22.2 Å². The topological polar surface area (TPSA) is 66.5 Å². The molecule has 2 N–H and O–H groups in total. The molecule has 0 bridgehead atoms. The van der Waals surface area contributed by atoms with Gasteiger partial charge in [0.25, 0.3) is 0 Å². The van der Waals surface area contributed by atoms with Crippen molar-refractivity contribution in [2.75, 3.05) is 5.32 Å². The largest absolute Gasteiger partial charge is 0.340 e. The Morgan fingerprint density at radius 1 is 0.818 bits per heavy atom. The summed E-state index contributed by atoms with van der Waals surface area (Å²) in [6.07, 6.45) is 3.23. The van der Waals surface area contributed by atoms with Crippen molar-refractivity contribution in [2.45, 2.75) is 0 Å². The van der Waals surface area contributed by atoms with E-state index in [9.17, 15) is 0 Å². The van der Waals surface area contributed by atoms with Gasteiger partial charge in [0.05, 0.1) is 11.6 Å². The highest BCUT2D eigenvalue weighted by Crippen LogP contribution is 2.24. The molecule has 5 heteroatoms. The maximum Gasteiger partial charge on any atom is 0.160 e. The van der Waals surface area contributed by atoms with E-state index in [2.05, 4.69) is 49.7 Å². The van der Waals surface area contributed by atoms with Gasteiger partial charge < -0.3 is 5.32 Å². The van der Waals surface area contributed by atoms with Gasteiger partial charge in [0.1, 0.15) is 12.1 Å². The zero-order valence-electron chi connectivity index (χ0n) is 11.7. The number of H-pyrrole nitrogens is 1.